The zero-order valence-electron chi connectivity index (χ0n) is 19.1. The van der Waals surface area contributed by atoms with Gasteiger partial charge in [-0.1, -0.05) is 19.3 Å². The van der Waals surface area contributed by atoms with Gasteiger partial charge in [0.1, 0.15) is 13.2 Å². The van der Waals surface area contributed by atoms with Gasteiger partial charge in [0.15, 0.2) is 0 Å². The molecule has 1 aromatic carbocycles. The van der Waals surface area contributed by atoms with Crippen LogP contribution in [-0.2, 0) is 28.4 Å². The standard InChI is InChI=1S/C24H37NO7/c1-3-5-10-25-23-8-6-22(7-9-23)24(26)32-21-20-31-19-18-30-17-16-29-15-14-28-13-12-27-11-4-2/h2,6-9,25H,3,5,10-21H2,1H3. The topological polar surface area (TPSA) is 84.5 Å². The van der Waals surface area contributed by atoms with E-state index in [4.69, 9.17) is 34.8 Å². The number of rotatable bonds is 21. The summed E-state index contributed by atoms with van der Waals surface area (Å²) in [5, 5.41) is 3.31. The molecule has 0 atom stereocenters. The maximum Gasteiger partial charge on any atom is 0.338 e. The van der Waals surface area contributed by atoms with Crippen LogP contribution in [0.15, 0.2) is 24.3 Å². The first-order chi connectivity index (χ1) is 15.8. The van der Waals surface area contributed by atoms with Crippen LogP contribution in [0.4, 0.5) is 5.69 Å². The van der Waals surface area contributed by atoms with Crippen molar-refractivity contribution in [3.63, 3.8) is 0 Å². The third kappa shape index (κ3) is 15.6. The molecule has 0 aliphatic carbocycles. The lowest BCUT2D eigenvalue weighted by molar-refractivity contribution is -0.0138. The molecule has 8 heteroatoms. The van der Waals surface area contributed by atoms with Gasteiger partial charge >= 0.3 is 5.97 Å². The molecule has 32 heavy (non-hydrogen) atoms. The fourth-order valence-electron chi connectivity index (χ4n) is 2.42. The predicted molar refractivity (Wildman–Crippen MR) is 123 cm³/mol. The fourth-order valence-corrected chi connectivity index (χ4v) is 2.42. The van der Waals surface area contributed by atoms with Gasteiger partial charge in [-0.05, 0) is 30.7 Å². The Morgan fingerprint density at radius 2 is 1.31 bits per heavy atom. The first kappa shape index (κ1) is 27.9. The van der Waals surface area contributed by atoms with Crippen LogP contribution >= 0.6 is 0 Å². The number of benzene rings is 1. The highest BCUT2D eigenvalue weighted by atomic mass is 16.6. The van der Waals surface area contributed by atoms with Crippen LogP contribution in [-0.4, -0.2) is 85.2 Å². The van der Waals surface area contributed by atoms with E-state index in [0.29, 0.717) is 71.6 Å². The van der Waals surface area contributed by atoms with Crippen molar-refractivity contribution in [2.75, 3.05) is 84.5 Å². The molecule has 0 aromatic heterocycles. The van der Waals surface area contributed by atoms with Gasteiger partial charge in [-0.25, -0.2) is 4.79 Å². The number of hydrogen-bond donors (Lipinski definition) is 1. The third-order valence-corrected chi connectivity index (χ3v) is 4.11. The molecule has 0 fully saturated rings. The second-order valence-corrected chi connectivity index (χ2v) is 6.70. The molecule has 0 aliphatic heterocycles. The Bertz CT molecular complexity index is 616. The number of esters is 1. The Balaban J connectivity index is 1.87. The van der Waals surface area contributed by atoms with Crippen molar-refractivity contribution in [2.45, 2.75) is 19.8 Å². The monoisotopic (exact) mass is 451 g/mol. The van der Waals surface area contributed by atoms with Crippen molar-refractivity contribution in [1.29, 1.82) is 0 Å². The number of nitrogens with one attached hydrogen (secondary N) is 1. The van der Waals surface area contributed by atoms with Crippen molar-refractivity contribution in [3.8, 4) is 12.3 Å². The van der Waals surface area contributed by atoms with Gasteiger partial charge in [0.2, 0.25) is 0 Å². The average Bonchev–Trinajstić information content (AvgIpc) is 2.81. The zero-order valence-corrected chi connectivity index (χ0v) is 19.1. The molecule has 8 nitrogen and oxygen atoms in total. The number of hydrogen-bond acceptors (Lipinski definition) is 8. The van der Waals surface area contributed by atoms with Crippen LogP contribution in [0.25, 0.3) is 0 Å². The zero-order chi connectivity index (χ0) is 23.1. The number of terminal acetylenes is 1. The molecule has 0 saturated heterocycles. The van der Waals surface area contributed by atoms with Crippen LogP contribution in [0.1, 0.15) is 30.1 Å². The minimum Gasteiger partial charge on any atom is -0.460 e. The maximum absolute atomic E-state index is 12.0. The SMILES string of the molecule is C#CCOCCOCCOCCOCCOCCOC(=O)c1ccc(NCCCC)cc1. The summed E-state index contributed by atoms with van der Waals surface area (Å²) in [7, 11) is 0. The smallest absolute Gasteiger partial charge is 0.338 e. The molecule has 0 radical (unpaired) electrons. The molecule has 0 heterocycles. The van der Waals surface area contributed by atoms with Crippen molar-refractivity contribution < 1.29 is 33.2 Å². The van der Waals surface area contributed by atoms with E-state index < -0.39 is 0 Å². The first-order valence-electron chi connectivity index (χ1n) is 11.1. The molecule has 0 aliphatic rings. The number of unbranched alkanes of at least 4 members (excludes halogenated alkanes) is 1. The molecule has 0 amide bonds. The highest BCUT2D eigenvalue weighted by molar-refractivity contribution is 5.89. The number of carbonyl (C=O) groups excluding carboxylic acids is 1. The van der Waals surface area contributed by atoms with Crippen LogP contribution in [0.3, 0.4) is 0 Å². The van der Waals surface area contributed by atoms with Gasteiger partial charge in [0.05, 0.1) is 65.0 Å². The van der Waals surface area contributed by atoms with Gasteiger partial charge in [0, 0.05) is 12.2 Å². The normalized spacial score (nSPS) is 10.6. The third-order valence-electron chi connectivity index (χ3n) is 4.11. The van der Waals surface area contributed by atoms with Gasteiger partial charge in [-0.3, -0.25) is 0 Å². The Labute approximate surface area is 191 Å². The predicted octanol–water partition coefficient (Wildman–Crippen LogP) is 2.77. The second kappa shape index (κ2) is 20.7. The summed E-state index contributed by atoms with van der Waals surface area (Å²) in [4.78, 5) is 12.0. The first-order valence-corrected chi connectivity index (χ1v) is 11.1. The Hall–Kier alpha value is -2.15. The van der Waals surface area contributed by atoms with Gasteiger partial charge in [0.25, 0.3) is 0 Å². The summed E-state index contributed by atoms with van der Waals surface area (Å²) in [6.45, 7) is 7.73. The van der Waals surface area contributed by atoms with Crippen molar-refractivity contribution in [3.05, 3.63) is 29.8 Å². The quantitative estimate of drug-likeness (QED) is 0.174. The maximum atomic E-state index is 12.0. The van der Waals surface area contributed by atoms with Gasteiger partial charge in [-0.15, -0.1) is 6.42 Å². The lowest BCUT2D eigenvalue weighted by Crippen LogP contribution is -2.15. The molecule has 0 saturated carbocycles. The van der Waals surface area contributed by atoms with Crippen molar-refractivity contribution in [2.24, 2.45) is 0 Å². The molecule has 1 rings (SSSR count). The number of ether oxygens (including phenoxy) is 6. The van der Waals surface area contributed by atoms with Gasteiger partial charge in [-0.2, -0.15) is 0 Å². The lowest BCUT2D eigenvalue weighted by Gasteiger charge is -2.09. The second-order valence-electron chi connectivity index (χ2n) is 6.70. The fraction of sp³-hybridized carbons (Fsp3) is 0.625. The summed E-state index contributed by atoms with van der Waals surface area (Å²) in [6.07, 6.45) is 7.32. The van der Waals surface area contributed by atoms with Crippen LogP contribution in [0.2, 0.25) is 0 Å². The summed E-state index contributed by atoms with van der Waals surface area (Å²) in [5.74, 6) is 2.03. The Morgan fingerprint density at radius 1 is 0.812 bits per heavy atom. The minimum atomic E-state index is -0.355. The number of carbonyl (C=O) groups is 1. The van der Waals surface area contributed by atoms with Crippen molar-refractivity contribution >= 4 is 11.7 Å². The Morgan fingerprint density at radius 3 is 1.81 bits per heavy atom. The van der Waals surface area contributed by atoms with E-state index in [0.717, 1.165) is 25.1 Å². The van der Waals surface area contributed by atoms with E-state index in [9.17, 15) is 4.79 Å². The van der Waals surface area contributed by atoms with Crippen LogP contribution in [0, 0.1) is 12.3 Å². The van der Waals surface area contributed by atoms with E-state index in [1.165, 1.54) is 0 Å². The minimum absolute atomic E-state index is 0.201. The summed E-state index contributed by atoms with van der Waals surface area (Å²) in [6, 6.07) is 7.28. The average molecular weight is 452 g/mol. The summed E-state index contributed by atoms with van der Waals surface area (Å²) in [5.41, 5.74) is 1.52. The van der Waals surface area contributed by atoms with Crippen LogP contribution < -0.4 is 5.32 Å². The van der Waals surface area contributed by atoms with E-state index in [1.54, 1.807) is 12.1 Å². The van der Waals surface area contributed by atoms with E-state index in [1.807, 2.05) is 12.1 Å². The molecule has 1 aromatic rings. The van der Waals surface area contributed by atoms with E-state index in [2.05, 4.69) is 18.2 Å². The molecular formula is C24H37NO7. The van der Waals surface area contributed by atoms with Crippen LogP contribution in [0.5, 0.6) is 0 Å². The summed E-state index contributed by atoms with van der Waals surface area (Å²) < 4.78 is 31.8. The largest absolute Gasteiger partial charge is 0.460 e. The molecule has 0 spiro atoms. The highest BCUT2D eigenvalue weighted by Crippen LogP contribution is 2.10. The van der Waals surface area contributed by atoms with E-state index in [-0.39, 0.29) is 12.6 Å². The molecular weight excluding hydrogens is 414 g/mol. The molecule has 1 N–H and O–H groups in total. The van der Waals surface area contributed by atoms with E-state index >= 15 is 0 Å². The van der Waals surface area contributed by atoms with Crippen molar-refractivity contribution in [1.82, 2.24) is 0 Å². The Kier molecular flexibility index (Phi) is 18.1. The van der Waals surface area contributed by atoms with Gasteiger partial charge < -0.3 is 33.7 Å². The lowest BCUT2D eigenvalue weighted by atomic mass is 10.2. The molecule has 0 bridgehead atoms. The summed E-state index contributed by atoms with van der Waals surface area (Å²) >= 11 is 0. The highest BCUT2D eigenvalue weighted by Gasteiger charge is 2.06. The molecule has 180 valence electrons. The number of anilines is 1. The molecule has 0 unspecified atom stereocenters.